The van der Waals surface area contributed by atoms with E-state index in [0.29, 0.717) is 15.9 Å². The minimum absolute atomic E-state index is 0.0624. The van der Waals surface area contributed by atoms with Crippen LogP contribution in [0.4, 0.5) is 10.8 Å². The van der Waals surface area contributed by atoms with Crippen molar-refractivity contribution in [1.29, 1.82) is 0 Å². The Morgan fingerprint density at radius 3 is 2.44 bits per heavy atom. The second-order valence-electron chi connectivity index (χ2n) is 7.97. The van der Waals surface area contributed by atoms with Gasteiger partial charge in [0, 0.05) is 18.2 Å². The fraction of sp³-hybridized carbons (Fsp3) is 0.333. The minimum atomic E-state index is -0.492. The van der Waals surface area contributed by atoms with Crippen molar-refractivity contribution in [1.82, 2.24) is 10.2 Å². The molecule has 1 aromatic heterocycles. The lowest BCUT2D eigenvalue weighted by Crippen LogP contribution is -2.32. The molecule has 1 atom stereocenters. The van der Waals surface area contributed by atoms with E-state index in [9.17, 15) is 9.59 Å². The van der Waals surface area contributed by atoms with Crippen molar-refractivity contribution in [3.8, 4) is 0 Å². The van der Waals surface area contributed by atoms with Crippen LogP contribution in [-0.4, -0.2) is 28.1 Å². The van der Waals surface area contributed by atoms with Crippen LogP contribution in [0.25, 0.3) is 0 Å². The molecule has 1 fully saturated rings. The third-order valence-electron chi connectivity index (χ3n) is 5.13. The fourth-order valence-corrected chi connectivity index (χ4v) is 5.70. The monoisotopic (exact) mass is 466 g/mol. The predicted octanol–water partition coefficient (Wildman–Crippen LogP) is 5.53. The first-order chi connectivity index (χ1) is 15.4. The highest BCUT2D eigenvalue weighted by Gasteiger charge is 2.35. The van der Waals surface area contributed by atoms with Crippen molar-refractivity contribution < 1.29 is 9.59 Å². The lowest BCUT2D eigenvalue weighted by molar-refractivity contribution is -0.118. The van der Waals surface area contributed by atoms with Gasteiger partial charge >= 0.3 is 0 Å². The smallest absolute Gasteiger partial charge is 0.242 e. The Balaban J connectivity index is 1.57. The molecule has 166 valence electrons. The highest BCUT2D eigenvalue weighted by Crippen LogP contribution is 2.41. The maximum atomic E-state index is 13.3. The van der Waals surface area contributed by atoms with Crippen molar-refractivity contribution in [2.75, 3.05) is 10.2 Å². The molecule has 6 nitrogen and oxygen atoms in total. The Labute approximate surface area is 196 Å². The van der Waals surface area contributed by atoms with Gasteiger partial charge < -0.3 is 5.32 Å². The van der Waals surface area contributed by atoms with Gasteiger partial charge in [0.1, 0.15) is 5.25 Å². The maximum absolute atomic E-state index is 13.3. The van der Waals surface area contributed by atoms with Gasteiger partial charge in [-0.25, -0.2) is 0 Å². The van der Waals surface area contributed by atoms with Gasteiger partial charge in [0.15, 0.2) is 4.34 Å². The molecule has 1 aliphatic rings. The molecule has 4 rings (SSSR count). The van der Waals surface area contributed by atoms with Crippen LogP contribution in [0.2, 0.25) is 0 Å². The zero-order valence-corrected chi connectivity index (χ0v) is 20.0. The fourth-order valence-electron chi connectivity index (χ4n) is 3.57. The summed E-state index contributed by atoms with van der Waals surface area (Å²) < 4.78 is 0.666. The minimum Gasteiger partial charge on any atom is -0.325 e. The van der Waals surface area contributed by atoms with Crippen LogP contribution >= 0.6 is 23.1 Å². The van der Waals surface area contributed by atoms with E-state index in [1.807, 2.05) is 63.2 Å². The molecule has 1 aliphatic carbocycles. The number of rotatable bonds is 8. The number of anilines is 2. The summed E-state index contributed by atoms with van der Waals surface area (Å²) in [5.74, 6) is -0.0565. The quantitative estimate of drug-likeness (QED) is 0.349. The lowest BCUT2D eigenvalue weighted by Gasteiger charge is -2.17. The number of benzene rings is 2. The highest BCUT2D eigenvalue weighted by atomic mass is 32.2. The summed E-state index contributed by atoms with van der Waals surface area (Å²) in [6.45, 7) is 5.88. The Kier molecular flexibility index (Phi) is 6.91. The standard InChI is InChI=1S/C24H26N4O2S2/c1-4-20(29)28(19-10-11-19)23-26-27-24(32-23)31-21(17-8-6-5-7-9-17)22(30)25-18-13-15(2)12-16(3)14-18/h5-9,12-14,19,21H,4,10-11H2,1-3H3,(H,25,30). The van der Waals surface area contributed by atoms with Crippen molar-refractivity contribution in [2.45, 2.75) is 55.7 Å². The van der Waals surface area contributed by atoms with Gasteiger partial charge in [-0.3, -0.25) is 14.5 Å². The molecule has 0 saturated heterocycles. The normalized spacial score (nSPS) is 14.1. The maximum Gasteiger partial charge on any atom is 0.242 e. The molecule has 1 saturated carbocycles. The highest BCUT2D eigenvalue weighted by molar-refractivity contribution is 8.02. The molecule has 1 heterocycles. The first-order valence-corrected chi connectivity index (χ1v) is 12.4. The van der Waals surface area contributed by atoms with Crippen LogP contribution in [0.15, 0.2) is 52.9 Å². The van der Waals surface area contributed by atoms with Crippen LogP contribution in [0, 0.1) is 13.8 Å². The number of hydrogen-bond acceptors (Lipinski definition) is 6. The molecular weight excluding hydrogens is 440 g/mol. The number of aromatic nitrogens is 2. The van der Waals surface area contributed by atoms with Crippen molar-refractivity contribution in [3.05, 3.63) is 65.2 Å². The van der Waals surface area contributed by atoms with Gasteiger partial charge in [0.05, 0.1) is 0 Å². The number of aryl methyl sites for hydroxylation is 2. The van der Waals surface area contributed by atoms with E-state index < -0.39 is 5.25 Å². The number of nitrogens with zero attached hydrogens (tertiary/aromatic N) is 3. The van der Waals surface area contributed by atoms with E-state index in [-0.39, 0.29) is 17.9 Å². The van der Waals surface area contributed by atoms with Gasteiger partial charge in [-0.15, -0.1) is 10.2 Å². The summed E-state index contributed by atoms with van der Waals surface area (Å²) in [7, 11) is 0. The molecule has 2 aromatic carbocycles. The number of hydrogen-bond donors (Lipinski definition) is 1. The molecule has 0 aliphatic heterocycles. The van der Waals surface area contributed by atoms with E-state index in [1.165, 1.54) is 23.1 Å². The zero-order valence-electron chi connectivity index (χ0n) is 18.4. The predicted molar refractivity (Wildman–Crippen MR) is 130 cm³/mol. The second-order valence-corrected chi connectivity index (χ2v) is 10.3. The Morgan fingerprint density at radius 2 is 1.81 bits per heavy atom. The SMILES string of the molecule is CCC(=O)N(c1nnc(SC(C(=O)Nc2cc(C)cc(C)c2)c2ccccc2)s1)C1CC1. The second kappa shape index (κ2) is 9.83. The topological polar surface area (TPSA) is 75.2 Å². The van der Waals surface area contributed by atoms with Crippen LogP contribution in [0.5, 0.6) is 0 Å². The Hall–Kier alpha value is -2.71. The number of carbonyl (C=O) groups excluding carboxylic acids is 2. The van der Waals surface area contributed by atoms with E-state index in [4.69, 9.17) is 0 Å². The van der Waals surface area contributed by atoms with Gasteiger partial charge in [-0.1, -0.05) is 66.4 Å². The molecule has 8 heteroatoms. The third kappa shape index (κ3) is 5.37. The number of nitrogens with one attached hydrogen (secondary N) is 1. The molecule has 0 bridgehead atoms. The van der Waals surface area contributed by atoms with Gasteiger partial charge in [0.2, 0.25) is 16.9 Å². The molecule has 3 aromatic rings. The van der Waals surface area contributed by atoms with Crippen LogP contribution in [-0.2, 0) is 9.59 Å². The van der Waals surface area contributed by atoms with Gasteiger partial charge in [0.25, 0.3) is 0 Å². The molecule has 2 amide bonds. The summed E-state index contributed by atoms with van der Waals surface area (Å²) >= 11 is 2.73. The van der Waals surface area contributed by atoms with E-state index in [1.54, 1.807) is 4.90 Å². The molecule has 1 unspecified atom stereocenters. The number of thioether (sulfide) groups is 1. The largest absolute Gasteiger partial charge is 0.325 e. The van der Waals surface area contributed by atoms with Gasteiger partial charge in [-0.2, -0.15) is 0 Å². The molecule has 0 spiro atoms. The van der Waals surface area contributed by atoms with E-state index in [2.05, 4.69) is 21.6 Å². The molecular formula is C24H26N4O2S2. The summed E-state index contributed by atoms with van der Waals surface area (Å²) in [6.07, 6.45) is 2.43. The summed E-state index contributed by atoms with van der Waals surface area (Å²) in [5, 5.41) is 11.8. The molecule has 1 N–H and O–H groups in total. The third-order valence-corrected chi connectivity index (χ3v) is 7.39. The Morgan fingerprint density at radius 1 is 1.12 bits per heavy atom. The van der Waals surface area contributed by atoms with E-state index >= 15 is 0 Å². The number of carbonyl (C=O) groups is 2. The Bertz CT molecular complexity index is 1090. The van der Waals surface area contributed by atoms with Crippen LogP contribution < -0.4 is 10.2 Å². The average molecular weight is 467 g/mol. The van der Waals surface area contributed by atoms with E-state index in [0.717, 1.165) is 35.2 Å². The first kappa shape index (κ1) is 22.5. The zero-order chi connectivity index (χ0) is 22.7. The summed E-state index contributed by atoms with van der Waals surface area (Å²) in [4.78, 5) is 27.5. The van der Waals surface area contributed by atoms with Crippen molar-refractivity contribution >= 4 is 45.7 Å². The van der Waals surface area contributed by atoms with Crippen LogP contribution in [0.3, 0.4) is 0 Å². The van der Waals surface area contributed by atoms with Crippen LogP contribution in [0.1, 0.15) is 48.1 Å². The molecule has 32 heavy (non-hydrogen) atoms. The van der Waals surface area contributed by atoms with Crippen molar-refractivity contribution in [3.63, 3.8) is 0 Å². The average Bonchev–Trinajstić information content (AvgIpc) is 3.49. The summed E-state index contributed by atoms with van der Waals surface area (Å²) in [6, 6.07) is 15.9. The van der Waals surface area contributed by atoms with Crippen molar-refractivity contribution in [2.24, 2.45) is 0 Å². The number of amides is 2. The lowest BCUT2D eigenvalue weighted by atomic mass is 10.1. The first-order valence-electron chi connectivity index (χ1n) is 10.7. The summed E-state index contributed by atoms with van der Waals surface area (Å²) in [5.41, 5.74) is 3.86. The van der Waals surface area contributed by atoms with Gasteiger partial charge in [-0.05, 0) is 55.5 Å². The molecule has 0 radical (unpaired) electrons.